The summed E-state index contributed by atoms with van der Waals surface area (Å²) in [5.41, 5.74) is 0. The van der Waals surface area contributed by atoms with Crippen LogP contribution in [0.3, 0.4) is 0 Å². The Hall–Kier alpha value is 0.130. The minimum Gasteiger partial charge on any atom is -0.388 e. The quantitative estimate of drug-likeness (QED) is 0.430. The van der Waals surface area contributed by atoms with Crippen molar-refractivity contribution in [1.82, 2.24) is 0 Å². The highest BCUT2D eigenvalue weighted by molar-refractivity contribution is 5.85. The zero-order valence-corrected chi connectivity index (χ0v) is 6.34. The van der Waals surface area contributed by atoms with Gasteiger partial charge in [-0.15, -0.1) is 12.4 Å². The van der Waals surface area contributed by atoms with Gasteiger partial charge in [-0.25, -0.2) is 0 Å². The first-order valence-corrected chi connectivity index (χ1v) is 2.76. The molecule has 1 fully saturated rings. The Morgan fingerprint density at radius 2 is 2.00 bits per heavy atom. The molecular formula is C5H11ClO4. The lowest BCUT2D eigenvalue weighted by atomic mass is 10.1. The van der Waals surface area contributed by atoms with Gasteiger partial charge in [-0.3, -0.25) is 0 Å². The normalized spacial score (nSPS) is 46.8. The van der Waals surface area contributed by atoms with Gasteiger partial charge >= 0.3 is 0 Å². The van der Waals surface area contributed by atoms with Crippen LogP contribution in [0, 0.1) is 0 Å². The molecule has 1 saturated heterocycles. The zero-order valence-electron chi connectivity index (χ0n) is 5.52. The number of hydrogen-bond donors (Lipinski definition) is 3. The fourth-order valence-corrected chi connectivity index (χ4v) is 0.788. The molecule has 3 unspecified atom stereocenters. The number of ether oxygens (including phenoxy) is 1. The van der Waals surface area contributed by atoms with Crippen molar-refractivity contribution >= 4 is 12.4 Å². The molecule has 3 N–H and O–H groups in total. The monoisotopic (exact) mass is 170 g/mol. The van der Waals surface area contributed by atoms with Crippen LogP contribution in [0.4, 0.5) is 0 Å². The number of hydrogen-bond acceptors (Lipinski definition) is 4. The molecule has 0 aromatic carbocycles. The van der Waals surface area contributed by atoms with Gasteiger partial charge in [0, 0.05) is 0 Å². The fourth-order valence-electron chi connectivity index (χ4n) is 0.788. The van der Waals surface area contributed by atoms with E-state index in [1.54, 1.807) is 0 Å². The lowest BCUT2D eigenvalue weighted by molar-refractivity contribution is -0.201. The molecule has 1 aliphatic rings. The minimum atomic E-state index is -1.57. The number of rotatable bonds is 0. The number of halogens is 1. The van der Waals surface area contributed by atoms with Crippen molar-refractivity contribution in [3.63, 3.8) is 0 Å². The summed E-state index contributed by atoms with van der Waals surface area (Å²) >= 11 is 0. The molecule has 4 nitrogen and oxygen atoms in total. The third-order valence-corrected chi connectivity index (χ3v) is 1.46. The lowest BCUT2D eigenvalue weighted by Crippen LogP contribution is -2.39. The maximum Gasteiger partial charge on any atom is 0.191 e. The summed E-state index contributed by atoms with van der Waals surface area (Å²) in [5, 5.41) is 26.7. The highest BCUT2D eigenvalue weighted by Gasteiger charge is 2.43. The van der Waals surface area contributed by atoms with E-state index in [1.807, 2.05) is 0 Å². The van der Waals surface area contributed by atoms with Gasteiger partial charge in [0.1, 0.15) is 12.2 Å². The molecule has 0 aromatic heterocycles. The molecule has 0 aliphatic carbocycles. The van der Waals surface area contributed by atoms with E-state index in [0.717, 1.165) is 0 Å². The summed E-state index contributed by atoms with van der Waals surface area (Å²) in [7, 11) is 0. The molecule has 0 amide bonds. The standard InChI is InChI=1S/C5H10O4.ClH/c1-5(8)4(7)3(6)2-9-5;/h3-4,6-8H,2H2,1H3;1H. The Bertz CT molecular complexity index is 116. The Morgan fingerprint density at radius 3 is 2.10 bits per heavy atom. The summed E-state index contributed by atoms with van der Waals surface area (Å²) in [6.07, 6.45) is -2.14. The third-order valence-electron chi connectivity index (χ3n) is 1.46. The fraction of sp³-hybridized carbons (Fsp3) is 1.00. The molecule has 3 atom stereocenters. The summed E-state index contributed by atoms with van der Waals surface area (Å²) in [6.45, 7) is 1.31. The molecule has 0 radical (unpaired) electrons. The second-order valence-electron chi connectivity index (χ2n) is 2.38. The Kier molecular flexibility index (Phi) is 3.06. The molecule has 0 saturated carbocycles. The molecule has 62 valence electrons. The maximum atomic E-state index is 9.00. The van der Waals surface area contributed by atoms with Gasteiger partial charge in [0.25, 0.3) is 0 Å². The average Bonchev–Trinajstić information content (AvgIpc) is 1.97. The summed E-state index contributed by atoms with van der Waals surface area (Å²) in [6, 6.07) is 0. The van der Waals surface area contributed by atoms with Crippen LogP contribution < -0.4 is 0 Å². The molecule has 0 spiro atoms. The number of aliphatic hydroxyl groups is 3. The van der Waals surface area contributed by atoms with E-state index in [2.05, 4.69) is 4.74 Å². The van der Waals surface area contributed by atoms with E-state index >= 15 is 0 Å². The summed E-state index contributed by atoms with van der Waals surface area (Å²) in [5.74, 6) is -1.57. The second kappa shape index (κ2) is 3.02. The van der Waals surface area contributed by atoms with Crippen LogP contribution in [0.25, 0.3) is 0 Å². The van der Waals surface area contributed by atoms with Gasteiger partial charge in [0.05, 0.1) is 6.61 Å². The van der Waals surface area contributed by atoms with Gasteiger partial charge in [0.15, 0.2) is 5.79 Å². The first-order chi connectivity index (χ1) is 4.04. The van der Waals surface area contributed by atoms with Crippen molar-refractivity contribution in [2.45, 2.75) is 24.9 Å². The first kappa shape index (κ1) is 10.1. The van der Waals surface area contributed by atoms with Gasteiger partial charge in [-0.1, -0.05) is 0 Å². The second-order valence-corrected chi connectivity index (χ2v) is 2.38. The zero-order chi connectivity index (χ0) is 7.07. The van der Waals surface area contributed by atoms with Crippen LogP contribution in [0.2, 0.25) is 0 Å². The van der Waals surface area contributed by atoms with Crippen molar-refractivity contribution < 1.29 is 20.1 Å². The van der Waals surface area contributed by atoms with E-state index in [-0.39, 0.29) is 19.0 Å². The van der Waals surface area contributed by atoms with Crippen molar-refractivity contribution in [3.8, 4) is 0 Å². The molecule has 10 heavy (non-hydrogen) atoms. The molecule has 0 bridgehead atoms. The predicted octanol–water partition coefficient (Wildman–Crippen LogP) is -1.13. The molecule has 1 rings (SSSR count). The van der Waals surface area contributed by atoms with E-state index in [4.69, 9.17) is 15.3 Å². The molecule has 0 aromatic rings. The Morgan fingerprint density at radius 1 is 1.50 bits per heavy atom. The topological polar surface area (TPSA) is 69.9 Å². The average molecular weight is 171 g/mol. The first-order valence-electron chi connectivity index (χ1n) is 2.76. The molecular weight excluding hydrogens is 160 g/mol. The Balaban J connectivity index is 0.000000810. The highest BCUT2D eigenvalue weighted by atomic mass is 35.5. The van der Waals surface area contributed by atoms with Crippen LogP contribution in [0.5, 0.6) is 0 Å². The van der Waals surface area contributed by atoms with Gasteiger partial charge in [-0.05, 0) is 6.92 Å². The van der Waals surface area contributed by atoms with Crippen molar-refractivity contribution in [2.75, 3.05) is 6.61 Å². The molecule has 1 heterocycles. The van der Waals surface area contributed by atoms with E-state index in [0.29, 0.717) is 0 Å². The third kappa shape index (κ3) is 1.59. The summed E-state index contributed by atoms with van der Waals surface area (Å²) < 4.78 is 4.62. The Labute approximate surface area is 64.8 Å². The smallest absolute Gasteiger partial charge is 0.191 e. The molecule has 5 heteroatoms. The lowest BCUT2D eigenvalue weighted by Gasteiger charge is -2.19. The van der Waals surface area contributed by atoms with Crippen molar-refractivity contribution in [2.24, 2.45) is 0 Å². The van der Waals surface area contributed by atoms with Gasteiger partial charge in [0.2, 0.25) is 0 Å². The van der Waals surface area contributed by atoms with E-state index < -0.39 is 18.0 Å². The van der Waals surface area contributed by atoms with Crippen molar-refractivity contribution in [1.29, 1.82) is 0 Å². The predicted molar refractivity (Wildman–Crippen MR) is 35.8 cm³/mol. The van der Waals surface area contributed by atoms with Crippen LogP contribution in [0.15, 0.2) is 0 Å². The van der Waals surface area contributed by atoms with E-state index in [1.165, 1.54) is 6.92 Å². The molecule has 1 aliphatic heterocycles. The van der Waals surface area contributed by atoms with Gasteiger partial charge < -0.3 is 20.1 Å². The van der Waals surface area contributed by atoms with Crippen LogP contribution >= 0.6 is 12.4 Å². The van der Waals surface area contributed by atoms with Crippen LogP contribution in [0.1, 0.15) is 6.92 Å². The minimum absolute atomic E-state index is 0. The van der Waals surface area contributed by atoms with Crippen LogP contribution in [-0.2, 0) is 4.74 Å². The highest BCUT2D eigenvalue weighted by Crippen LogP contribution is 2.22. The number of aliphatic hydroxyl groups excluding tert-OH is 2. The van der Waals surface area contributed by atoms with E-state index in [9.17, 15) is 0 Å². The van der Waals surface area contributed by atoms with Crippen molar-refractivity contribution in [3.05, 3.63) is 0 Å². The maximum absolute atomic E-state index is 9.00. The van der Waals surface area contributed by atoms with Gasteiger partial charge in [-0.2, -0.15) is 0 Å². The van der Waals surface area contributed by atoms with Crippen LogP contribution in [-0.4, -0.2) is 39.9 Å². The summed E-state index contributed by atoms with van der Waals surface area (Å²) in [4.78, 5) is 0. The SMILES string of the molecule is CC1(O)OCC(O)C1O.Cl. The largest absolute Gasteiger partial charge is 0.388 e.